The number of aromatic nitrogens is 2. The number of hydrogen-bond acceptors (Lipinski definition) is 2. The molecule has 3 heteroatoms. The van der Waals surface area contributed by atoms with Gasteiger partial charge in [-0.2, -0.15) is 5.10 Å². The van der Waals surface area contributed by atoms with Gasteiger partial charge in [-0.3, -0.25) is 4.68 Å². The first-order chi connectivity index (χ1) is 7.17. The molecule has 1 unspecified atom stereocenters. The molecule has 1 aromatic rings. The lowest BCUT2D eigenvalue weighted by Gasteiger charge is -2.13. The maximum Gasteiger partial charge on any atom is 0.0638 e. The Kier molecular flexibility index (Phi) is 4.38. The molecule has 0 radical (unpaired) electrons. The Hall–Kier alpha value is -1.27. The van der Waals surface area contributed by atoms with Crippen LogP contribution in [0.1, 0.15) is 31.0 Å². The van der Waals surface area contributed by atoms with E-state index in [9.17, 15) is 0 Å². The summed E-state index contributed by atoms with van der Waals surface area (Å²) in [4.78, 5) is 0. The lowest BCUT2D eigenvalue weighted by atomic mass is 10.1. The van der Waals surface area contributed by atoms with Crippen LogP contribution in [0.2, 0.25) is 0 Å². The van der Waals surface area contributed by atoms with Gasteiger partial charge in [0.1, 0.15) is 0 Å². The quantitative estimate of drug-likeness (QED) is 0.740. The molecule has 0 aliphatic carbocycles. The van der Waals surface area contributed by atoms with Crippen LogP contribution in [0.3, 0.4) is 0 Å². The molecule has 1 N–H and O–H groups in total. The number of hydrogen-bond donors (Lipinski definition) is 1. The van der Waals surface area contributed by atoms with E-state index in [1.165, 1.54) is 5.56 Å². The van der Waals surface area contributed by atoms with Crippen LogP contribution >= 0.6 is 0 Å². The Morgan fingerprint density at radius 2 is 2.40 bits per heavy atom. The first kappa shape index (κ1) is 11.8. The van der Waals surface area contributed by atoms with Gasteiger partial charge in [0.2, 0.25) is 0 Å². The standard InChI is InChI=1S/C12H19N3/c1-5-7-12(6-2)13-8-11-9-15(4)14-10(11)3/h1,9,12-13H,6-8H2,2-4H3. The molecular formula is C12H19N3. The molecule has 3 nitrogen and oxygen atoms in total. The van der Waals surface area contributed by atoms with E-state index in [-0.39, 0.29) is 0 Å². The van der Waals surface area contributed by atoms with Crippen LogP contribution in [0.4, 0.5) is 0 Å². The monoisotopic (exact) mass is 205 g/mol. The van der Waals surface area contributed by atoms with Gasteiger partial charge in [0.15, 0.2) is 0 Å². The van der Waals surface area contributed by atoms with E-state index >= 15 is 0 Å². The van der Waals surface area contributed by atoms with Crippen molar-refractivity contribution in [3.63, 3.8) is 0 Å². The highest BCUT2D eigenvalue weighted by atomic mass is 15.2. The van der Waals surface area contributed by atoms with Crippen LogP contribution < -0.4 is 5.32 Å². The van der Waals surface area contributed by atoms with Crippen molar-refractivity contribution < 1.29 is 0 Å². The molecule has 0 saturated heterocycles. The van der Waals surface area contributed by atoms with E-state index < -0.39 is 0 Å². The summed E-state index contributed by atoms with van der Waals surface area (Å²) in [7, 11) is 1.94. The van der Waals surface area contributed by atoms with Crippen molar-refractivity contribution in [3.05, 3.63) is 17.5 Å². The first-order valence-electron chi connectivity index (χ1n) is 5.33. The average Bonchev–Trinajstić information content (AvgIpc) is 2.52. The number of terminal acetylenes is 1. The number of nitrogens with zero attached hydrogens (tertiary/aromatic N) is 2. The third-order valence-electron chi connectivity index (χ3n) is 2.55. The topological polar surface area (TPSA) is 29.9 Å². The molecule has 0 aromatic carbocycles. The molecule has 1 aromatic heterocycles. The van der Waals surface area contributed by atoms with Gasteiger partial charge >= 0.3 is 0 Å². The fourth-order valence-electron chi connectivity index (χ4n) is 1.58. The van der Waals surface area contributed by atoms with Gasteiger partial charge in [-0.1, -0.05) is 6.92 Å². The molecule has 0 amide bonds. The number of nitrogens with one attached hydrogen (secondary N) is 1. The van der Waals surface area contributed by atoms with Crippen LogP contribution in [0.15, 0.2) is 6.20 Å². The zero-order chi connectivity index (χ0) is 11.3. The van der Waals surface area contributed by atoms with Gasteiger partial charge in [-0.25, -0.2) is 0 Å². The predicted molar refractivity (Wildman–Crippen MR) is 62.3 cm³/mol. The van der Waals surface area contributed by atoms with Crippen LogP contribution in [0.5, 0.6) is 0 Å². The third-order valence-corrected chi connectivity index (χ3v) is 2.55. The minimum Gasteiger partial charge on any atom is -0.309 e. The fraction of sp³-hybridized carbons (Fsp3) is 0.583. The van der Waals surface area contributed by atoms with E-state index in [1.54, 1.807) is 0 Å². The molecule has 1 heterocycles. The van der Waals surface area contributed by atoms with Gasteiger partial charge < -0.3 is 5.32 Å². The molecule has 1 atom stereocenters. The maximum absolute atomic E-state index is 5.30. The average molecular weight is 205 g/mol. The molecule has 1 rings (SSSR count). The van der Waals surface area contributed by atoms with E-state index in [1.807, 2.05) is 24.9 Å². The second-order valence-electron chi connectivity index (χ2n) is 3.81. The Bertz CT molecular complexity index is 346. The lowest BCUT2D eigenvalue weighted by molar-refractivity contribution is 0.506. The third kappa shape index (κ3) is 3.41. The van der Waals surface area contributed by atoms with E-state index in [0.717, 1.165) is 25.1 Å². The number of rotatable bonds is 5. The fourth-order valence-corrected chi connectivity index (χ4v) is 1.58. The van der Waals surface area contributed by atoms with Gasteiger partial charge in [0.25, 0.3) is 0 Å². The Labute approximate surface area is 91.9 Å². The van der Waals surface area contributed by atoms with Crippen LogP contribution in [-0.2, 0) is 13.6 Å². The summed E-state index contributed by atoms with van der Waals surface area (Å²) in [5, 5.41) is 7.74. The maximum atomic E-state index is 5.30. The molecular weight excluding hydrogens is 186 g/mol. The summed E-state index contributed by atoms with van der Waals surface area (Å²) in [6.45, 7) is 5.02. The van der Waals surface area contributed by atoms with Gasteiger partial charge in [0, 0.05) is 37.8 Å². The summed E-state index contributed by atoms with van der Waals surface area (Å²) in [6.07, 6.45) is 9.19. The molecule has 15 heavy (non-hydrogen) atoms. The summed E-state index contributed by atoms with van der Waals surface area (Å²) in [5.74, 6) is 2.69. The molecule has 82 valence electrons. The smallest absolute Gasteiger partial charge is 0.0638 e. The summed E-state index contributed by atoms with van der Waals surface area (Å²) in [5.41, 5.74) is 2.33. The largest absolute Gasteiger partial charge is 0.309 e. The van der Waals surface area contributed by atoms with E-state index in [4.69, 9.17) is 6.42 Å². The van der Waals surface area contributed by atoms with Crippen molar-refractivity contribution in [1.29, 1.82) is 0 Å². The second kappa shape index (κ2) is 5.57. The molecule has 0 saturated carbocycles. The molecule has 0 fully saturated rings. The molecule has 0 aliphatic heterocycles. The highest BCUT2D eigenvalue weighted by Crippen LogP contribution is 2.05. The summed E-state index contributed by atoms with van der Waals surface area (Å²) < 4.78 is 1.84. The highest BCUT2D eigenvalue weighted by molar-refractivity contribution is 5.15. The van der Waals surface area contributed by atoms with Gasteiger partial charge in [-0.15, -0.1) is 12.3 Å². The van der Waals surface area contributed by atoms with Crippen LogP contribution in [0, 0.1) is 19.3 Å². The molecule has 0 spiro atoms. The van der Waals surface area contributed by atoms with Gasteiger partial charge in [0.05, 0.1) is 5.69 Å². The molecule has 0 aliphatic rings. The second-order valence-corrected chi connectivity index (χ2v) is 3.81. The summed E-state index contributed by atoms with van der Waals surface area (Å²) in [6, 6.07) is 0.412. The summed E-state index contributed by atoms with van der Waals surface area (Å²) >= 11 is 0. The minimum atomic E-state index is 0.412. The van der Waals surface area contributed by atoms with E-state index in [0.29, 0.717) is 6.04 Å². The van der Waals surface area contributed by atoms with Crippen molar-refractivity contribution in [1.82, 2.24) is 15.1 Å². The van der Waals surface area contributed by atoms with E-state index in [2.05, 4.69) is 23.3 Å². The Morgan fingerprint density at radius 1 is 1.67 bits per heavy atom. The molecule has 0 bridgehead atoms. The number of aryl methyl sites for hydroxylation is 2. The SMILES string of the molecule is C#CCC(CC)NCc1cn(C)nc1C. The van der Waals surface area contributed by atoms with Crippen LogP contribution in [0.25, 0.3) is 0 Å². The lowest BCUT2D eigenvalue weighted by Crippen LogP contribution is -2.27. The zero-order valence-corrected chi connectivity index (χ0v) is 9.75. The first-order valence-corrected chi connectivity index (χ1v) is 5.33. The Balaban J connectivity index is 2.49. The highest BCUT2D eigenvalue weighted by Gasteiger charge is 2.06. The van der Waals surface area contributed by atoms with Crippen LogP contribution in [-0.4, -0.2) is 15.8 Å². The van der Waals surface area contributed by atoms with Gasteiger partial charge in [-0.05, 0) is 13.3 Å². The minimum absolute atomic E-state index is 0.412. The van der Waals surface area contributed by atoms with Crippen molar-refractivity contribution in [2.45, 2.75) is 39.3 Å². The van der Waals surface area contributed by atoms with Crippen molar-refractivity contribution in [2.75, 3.05) is 0 Å². The normalized spacial score (nSPS) is 12.4. The predicted octanol–water partition coefficient (Wildman–Crippen LogP) is 1.62. The van der Waals surface area contributed by atoms with Crippen molar-refractivity contribution in [3.8, 4) is 12.3 Å². The van der Waals surface area contributed by atoms with Crippen molar-refractivity contribution >= 4 is 0 Å². The zero-order valence-electron chi connectivity index (χ0n) is 9.75. The Morgan fingerprint density at radius 3 is 2.87 bits per heavy atom. The van der Waals surface area contributed by atoms with Crippen molar-refractivity contribution in [2.24, 2.45) is 7.05 Å².